The number of benzene rings is 1. The molecule has 0 saturated carbocycles. The average Bonchev–Trinajstić information content (AvgIpc) is 2.11. The van der Waals surface area contributed by atoms with Gasteiger partial charge in [0.2, 0.25) is 0 Å². The lowest BCUT2D eigenvalue weighted by Crippen LogP contribution is -2.21. The van der Waals surface area contributed by atoms with Gasteiger partial charge < -0.3 is 15.5 Å². The number of rotatable bonds is 3. The van der Waals surface area contributed by atoms with Crippen molar-refractivity contribution in [1.29, 1.82) is 0 Å². The number of aromatic hydroxyl groups is 1. The number of halogens is 1. The van der Waals surface area contributed by atoms with Crippen LogP contribution in [0.3, 0.4) is 0 Å². The summed E-state index contributed by atoms with van der Waals surface area (Å²) >= 11 is 0. The van der Waals surface area contributed by atoms with Gasteiger partial charge in [-0.2, -0.15) is 0 Å². The number of hydrogen-bond acceptors (Lipinski definition) is 3. The van der Waals surface area contributed by atoms with Crippen molar-refractivity contribution in [3.05, 3.63) is 29.6 Å². The molecule has 0 radical (unpaired) electrons. The zero-order valence-electron chi connectivity index (χ0n) is 7.29. The van der Waals surface area contributed by atoms with Gasteiger partial charge in [0, 0.05) is 5.56 Å². The van der Waals surface area contributed by atoms with Gasteiger partial charge in [0.1, 0.15) is 11.6 Å². The molecule has 0 aliphatic heterocycles. The van der Waals surface area contributed by atoms with E-state index in [0.29, 0.717) is 0 Å². The van der Waals surface area contributed by atoms with E-state index < -0.39 is 11.9 Å². The van der Waals surface area contributed by atoms with Gasteiger partial charge in [-0.25, -0.2) is 4.39 Å². The quantitative estimate of drug-likeness (QED) is 0.652. The van der Waals surface area contributed by atoms with E-state index in [9.17, 15) is 9.50 Å². The highest BCUT2D eigenvalue weighted by Gasteiger charge is 2.16. The number of likely N-dealkylation sites (N-methyl/N-ethyl adjacent to an activating group) is 1. The number of aliphatic hydroxyl groups is 1. The molecule has 0 amide bonds. The molecule has 4 heteroatoms. The maximum Gasteiger partial charge on any atom is 0.131 e. The largest absolute Gasteiger partial charge is 0.507 e. The minimum atomic E-state index is -0.568. The van der Waals surface area contributed by atoms with Gasteiger partial charge in [0.25, 0.3) is 0 Å². The Morgan fingerprint density at radius 2 is 2.23 bits per heavy atom. The van der Waals surface area contributed by atoms with Gasteiger partial charge in [-0.3, -0.25) is 0 Å². The van der Waals surface area contributed by atoms with Crippen molar-refractivity contribution in [3.8, 4) is 5.75 Å². The van der Waals surface area contributed by atoms with Gasteiger partial charge in [-0.1, -0.05) is 6.07 Å². The highest BCUT2D eigenvalue weighted by atomic mass is 19.1. The molecule has 0 aliphatic carbocycles. The molecule has 0 saturated heterocycles. The zero-order chi connectivity index (χ0) is 9.84. The Morgan fingerprint density at radius 1 is 1.54 bits per heavy atom. The molecule has 3 N–H and O–H groups in total. The van der Waals surface area contributed by atoms with E-state index in [4.69, 9.17) is 5.11 Å². The predicted octanol–water partition coefficient (Wildman–Crippen LogP) is 0.784. The first-order chi connectivity index (χ1) is 6.20. The van der Waals surface area contributed by atoms with Crippen LogP contribution < -0.4 is 5.32 Å². The Hall–Kier alpha value is -1.13. The summed E-state index contributed by atoms with van der Waals surface area (Å²) in [5.41, 5.74) is 0.104. The lowest BCUT2D eigenvalue weighted by molar-refractivity contribution is 0.244. The van der Waals surface area contributed by atoms with E-state index in [2.05, 4.69) is 5.32 Å². The molecular weight excluding hydrogens is 173 g/mol. The van der Waals surface area contributed by atoms with E-state index in [-0.39, 0.29) is 17.9 Å². The van der Waals surface area contributed by atoms with Gasteiger partial charge in [-0.15, -0.1) is 0 Å². The summed E-state index contributed by atoms with van der Waals surface area (Å²) in [5.74, 6) is -0.665. The summed E-state index contributed by atoms with van der Waals surface area (Å²) in [5, 5.41) is 20.9. The molecule has 1 aromatic rings. The number of phenolic OH excluding ortho intramolecular Hbond substituents is 1. The van der Waals surface area contributed by atoms with E-state index >= 15 is 0 Å². The first-order valence-electron chi connectivity index (χ1n) is 3.96. The van der Waals surface area contributed by atoms with Crippen LogP contribution in [0.15, 0.2) is 18.2 Å². The molecule has 1 rings (SSSR count). The lowest BCUT2D eigenvalue weighted by atomic mass is 10.1. The first kappa shape index (κ1) is 9.95. The molecule has 0 heterocycles. The molecule has 0 bridgehead atoms. The Bertz CT molecular complexity index is 267. The third-order valence-electron chi connectivity index (χ3n) is 1.91. The van der Waals surface area contributed by atoms with E-state index in [0.717, 1.165) is 0 Å². The molecule has 72 valence electrons. The summed E-state index contributed by atoms with van der Waals surface area (Å²) in [6.45, 7) is -0.259. The molecule has 0 fully saturated rings. The maximum atomic E-state index is 13.2. The minimum absolute atomic E-state index is 0.104. The smallest absolute Gasteiger partial charge is 0.131 e. The first-order valence-corrected chi connectivity index (χ1v) is 3.96. The summed E-state index contributed by atoms with van der Waals surface area (Å²) in [6.07, 6.45) is 0. The summed E-state index contributed by atoms with van der Waals surface area (Å²) in [6, 6.07) is 3.48. The molecule has 1 atom stereocenters. The maximum absolute atomic E-state index is 13.2. The van der Waals surface area contributed by atoms with Crippen molar-refractivity contribution in [2.45, 2.75) is 6.04 Å². The van der Waals surface area contributed by atoms with Crippen molar-refractivity contribution in [2.75, 3.05) is 13.7 Å². The van der Waals surface area contributed by atoms with Crippen LogP contribution in [-0.2, 0) is 0 Å². The molecular formula is C9H12FNO2. The second-order valence-corrected chi connectivity index (χ2v) is 2.70. The minimum Gasteiger partial charge on any atom is -0.507 e. The third kappa shape index (κ3) is 1.96. The van der Waals surface area contributed by atoms with E-state index in [1.165, 1.54) is 18.2 Å². The van der Waals surface area contributed by atoms with Crippen LogP contribution in [0.2, 0.25) is 0 Å². The van der Waals surface area contributed by atoms with Crippen LogP contribution in [0.1, 0.15) is 11.6 Å². The number of nitrogens with one attached hydrogen (secondary N) is 1. The van der Waals surface area contributed by atoms with Crippen LogP contribution in [0, 0.1) is 5.82 Å². The van der Waals surface area contributed by atoms with Crippen LogP contribution in [0.4, 0.5) is 4.39 Å². The SMILES string of the molecule is CN[C@@H](CO)c1c(O)cccc1F. The molecule has 3 nitrogen and oxygen atoms in total. The van der Waals surface area contributed by atoms with Crippen LogP contribution in [0.5, 0.6) is 5.75 Å². The van der Waals surface area contributed by atoms with E-state index in [1.54, 1.807) is 7.05 Å². The Labute approximate surface area is 75.8 Å². The van der Waals surface area contributed by atoms with Gasteiger partial charge in [0.15, 0.2) is 0 Å². The van der Waals surface area contributed by atoms with Crippen molar-refractivity contribution in [2.24, 2.45) is 0 Å². The van der Waals surface area contributed by atoms with Gasteiger partial charge >= 0.3 is 0 Å². The second-order valence-electron chi connectivity index (χ2n) is 2.70. The normalized spacial score (nSPS) is 12.8. The fraction of sp³-hybridized carbons (Fsp3) is 0.333. The zero-order valence-corrected chi connectivity index (χ0v) is 7.29. The molecule has 1 aromatic carbocycles. The topological polar surface area (TPSA) is 52.5 Å². The average molecular weight is 185 g/mol. The molecule has 13 heavy (non-hydrogen) atoms. The van der Waals surface area contributed by atoms with Crippen molar-refractivity contribution in [1.82, 2.24) is 5.32 Å². The highest BCUT2D eigenvalue weighted by molar-refractivity contribution is 5.35. The molecule has 0 spiro atoms. The summed E-state index contributed by atoms with van der Waals surface area (Å²) in [4.78, 5) is 0. The Balaban J connectivity index is 3.10. The standard InChI is InChI=1S/C9H12FNO2/c1-11-7(5-12)9-6(10)3-2-4-8(9)13/h2-4,7,11-13H,5H2,1H3/t7-/m0/s1. The van der Waals surface area contributed by atoms with Gasteiger partial charge in [-0.05, 0) is 19.2 Å². The fourth-order valence-corrected chi connectivity index (χ4v) is 1.20. The highest BCUT2D eigenvalue weighted by Crippen LogP contribution is 2.26. The summed E-state index contributed by atoms with van der Waals surface area (Å²) < 4.78 is 13.2. The number of aliphatic hydroxyl groups excluding tert-OH is 1. The third-order valence-corrected chi connectivity index (χ3v) is 1.91. The Kier molecular flexibility index (Phi) is 3.22. The van der Waals surface area contributed by atoms with Gasteiger partial charge in [0.05, 0.1) is 12.6 Å². The lowest BCUT2D eigenvalue weighted by Gasteiger charge is -2.15. The predicted molar refractivity (Wildman–Crippen MR) is 47.0 cm³/mol. The van der Waals surface area contributed by atoms with Crippen LogP contribution >= 0.6 is 0 Å². The number of phenols is 1. The van der Waals surface area contributed by atoms with Crippen LogP contribution in [0.25, 0.3) is 0 Å². The monoisotopic (exact) mass is 185 g/mol. The number of hydrogen-bond donors (Lipinski definition) is 3. The van der Waals surface area contributed by atoms with Crippen LogP contribution in [-0.4, -0.2) is 23.9 Å². The summed E-state index contributed by atoms with van der Waals surface area (Å²) in [7, 11) is 1.59. The van der Waals surface area contributed by atoms with E-state index in [1.807, 2.05) is 0 Å². The van der Waals surface area contributed by atoms with Crippen molar-refractivity contribution < 1.29 is 14.6 Å². The second kappa shape index (κ2) is 4.20. The Morgan fingerprint density at radius 3 is 2.69 bits per heavy atom. The molecule has 0 aromatic heterocycles. The van der Waals surface area contributed by atoms with Crippen molar-refractivity contribution in [3.63, 3.8) is 0 Å². The molecule has 0 unspecified atom stereocenters. The fourth-order valence-electron chi connectivity index (χ4n) is 1.20. The molecule has 0 aliphatic rings. The van der Waals surface area contributed by atoms with Crippen molar-refractivity contribution >= 4 is 0 Å².